The molecule has 0 aromatic rings. The molecular formula is C17H36N4O2. The van der Waals surface area contributed by atoms with Crippen molar-refractivity contribution in [3.63, 3.8) is 0 Å². The van der Waals surface area contributed by atoms with E-state index in [9.17, 15) is 4.79 Å². The predicted octanol–water partition coefficient (Wildman–Crippen LogP) is 0.598. The summed E-state index contributed by atoms with van der Waals surface area (Å²) in [6.07, 6.45) is 0. The summed E-state index contributed by atoms with van der Waals surface area (Å²) in [4.78, 5) is 20.5. The van der Waals surface area contributed by atoms with Gasteiger partial charge < -0.3 is 19.8 Å². The van der Waals surface area contributed by atoms with Crippen molar-refractivity contribution in [1.29, 1.82) is 0 Å². The van der Waals surface area contributed by atoms with Crippen LogP contribution in [0.15, 0.2) is 0 Å². The highest BCUT2D eigenvalue weighted by atomic mass is 16.4. The van der Waals surface area contributed by atoms with Gasteiger partial charge >= 0.3 is 5.97 Å². The minimum atomic E-state index is -0.727. The Balaban J connectivity index is 2.68. The van der Waals surface area contributed by atoms with Crippen molar-refractivity contribution in [3.05, 3.63) is 0 Å². The van der Waals surface area contributed by atoms with Gasteiger partial charge in [-0.3, -0.25) is 9.69 Å². The summed E-state index contributed by atoms with van der Waals surface area (Å²) in [5.74, 6) is -0.0907. The van der Waals surface area contributed by atoms with Gasteiger partial charge in [0.05, 0.1) is 6.54 Å². The molecule has 1 aliphatic rings. The molecule has 1 aliphatic heterocycles. The largest absolute Gasteiger partial charge is 0.480 e. The normalized spacial score (nSPS) is 22.0. The quantitative estimate of drug-likeness (QED) is 0.798. The van der Waals surface area contributed by atoms with Crippen LogP contribution in [0.3, 0.4) is 0 Å². The summed E-state index contributed by atoms with van der Waals surface area (Å²) in [6, 6.07) is 0. The average Bonchev–Trinajstić information content (AvgIpc) is 2.47. The van der Waals surface area contributed by atoms with Crippen LogP contribution in [0.1, 0.15) is 20.8 Å². The SMILES string of the molecule is CCN1CCN(C)CCN(CC(C)C)CCN(CC(=O)O)CC1. The number of carboxylic acids is 1. The van der Waals surface area contributed by atoms with Crippen LogP contribution in [0.25, 0.3) is 0 Å². The molecule has 1 fully saturated rings. The lowest BCUT2D eigenvalue weighted by molar-refractivity contribution is -0.138. The Hall–Kier alpha value is -0.690. The van der Waals surface area contributed by atoms with Gasteiger partial charge in [-0.15, -0.1) is 0 Å². The van der Waals surface area contributed by atoms with Crippen LogP contribution in [-0.2, 0) is 4.79 Å². The molecule has 6 nitrogen and oxygen atoms in total. The summed E-state index contributed by atoms with van der Waals surface area (Å²) in [7, 11) is 2.20. The summed E-state index contributed by atoms with van der Waals surface area (Å²) in [5, 5.41) is 9.15. The molecule has 0 atom stereocenters. The Morgan fingerprint density at radius 3 is 1.91 bits per heavy atom. The number of hydrogen-bond donors (Lipinski definition) is 1. The number of rotatable bonds is 5. The Morgan fingerprint density at radius 1 is 0.913 bits per heavy atom. The van der Waals surface area contributed by atoms with E-state index in [-0.39, 0.29) is 6.54 Å². The first-order valence-electron chi connectivity index (χ1n) is 8.98. The molecule has 0 aromatic carbocycles. The minimum absolute atomic E-state index is 0.146. The van der Waals surface area contributed by atoms with E-state index < -0.39 is 5.97 Å². The van der Waals surface area contributed by atoms with Crippen LogP contribution < -0.4 is 0 Å². The van der Waals surface area contributed by atoms with Crippen LogP contribution in [0.4, 0.5) is 0 Å². The molecule has 1 heterocycles. The third-order valence-corrected chi connectivity index (χ3v) is 4.49. The highest BCUT2D eigenvalue weighted by Gasteiger charge is 2.16. The van der Waals surface area contributed by atoms with Crippen molar-refractivity contribution in [2.45, 2.75) is 20.8 Å². The van der Waals surface area contributed by atoms with Crippen LogP contribution in [-0.4, -0.2) is 110 Å². The van der Waals surface area contributed by atoms with Gasteiger partial charge in [-0.25, -0.2) is 0 Å². The van der Waals surface area contributed by atoms with Crippen molar-refractivity contribution in [2.75, 3.05) is 79.0 Å². The molecule has 0 radical (unpaired) electrons. The van der Waals surface area contributed by atoms with Crippen molar-refractivity contribution >= 4 is 5.97 Å². The van der Waals surface area contributed by atoms with Crippen LogP contribution in [0.2, 0.25) is 0 Å². The standard InChI is InChI=1S/C17H36N4O2/c1-5-19-8-6-18(4)7-9-20(14-16(2)3)12-13-21(11-10-19)15-17(22)23/h16H,5-15H2,1-4H3,(H,22,23). The maximum absolute atomic E-state index is 11.1. The summed E-state index contributed by atoms with van der Waals surface area (Å²) in [5.41, 5.74) is 0. The molecule has 23 heavy (non-hydrogen) atoms. The second kappa shape index (κ2) is 11.0. The van der Waals surface area contributed by atoms with Crippen molar-refractivity contribution < 1.29 is 9.90 Å². The molecule has 0 aliphatic carbocycles. The average molecular weight is 329 g/mol. The second-order valence-corrected chi connectivity index (χ2v) is 7.10. The number of hydrogen-bond acceptors (Lipinski definition) is 5. The molecule has 136 valence electrons. The molecule has 0 aromatic heterocycles. The van der Waals surface area contributed by atoms with Gasteiger partial charge in [0.15, 0.2) is 0 Å². The number of nitrogens with zero attached hydrogens (tertiary/aromatic N) is 4. The monoisotopic (exact) mass is 328 g/mol. The number of aliphatic carboxylic acids is 1. The topological polar surface area (TPSA) is 50.3 Å². The third kappa shape index (κ3) is 9.25. The van der Waals surface area contributed by atoms with E-state index >= 15 is 0 Å². The van der Waals surface area contributed by atoms with E-state index in [2.05, 4.69) is 47.4 Å². The third-order valence-electron chi connectivity index (χ3n) is 4.49. The van der Waals surface area contributed by atoms with Gasteiger partial charge in [0, 0.05) is 58.9 Å². The Labute approximate surface area is 142 Å². The fourth-order valence-electron chi connectivity index (χ4n) is 3.00. The molecule has 1 saturated heterocycles. The Morgan fingerprint density at radius 2 is 1.39 bits per heavy atom. The predicted molar refractivity (Wildman–Crippen MR) is 95.0 cm³/mol. The fourth-order valence-corrected chi connectivity index (χ4v) is 3.00. The van der Waals surface area contributed by atoms with Crippen molar-refractivity contribution in [3.8, 4) is 0 Å². The summed E-state index contributed by atoms with van der Waals surface area (Å²) in [6.45, 7) is 16.7. The van der Waals surface area contributed by atoms with Gasteiger partial charge in [0.25, 0.3) is 0 Å². The van der Waals surface area contributed by atoms with Gasteiger partial charge in [-0.1, -0.05) is 20.8 Å². The van der Waals surface area contributed by atoms with Crippen LogP contribution in [0, 0.1) is 5.92 Å². The molecule has 6 heteroatoms. The van der Waals surface area contributed by atoms with Gasteiger partial charge in [-0.05, 0) is 19.5 Å². The zero-order chi connectivity index (χ0) is 17.2. The highest BCUT2D eigenvalue weighted by molar-refractivity contribution is 5.69. The first kappa shape index (κ1) is 20.4. The summed E-state index contributed by atoms with van der Waals surface area (Å²) >= 11 is 0. The van der Waals surface area contributed by atoms with Crippen LogP contribution >= 0.6 is 0 Å². The molecule has 0 saturated carbocycles. The lowest BCUT2D eigenvalue weighted by Crippen LogP contribution is -2.46. The Bertz CT molecular complexity index is 339. The van der Waals surface area contributed by atoms with Gasteiger partial charge in [0.2, 0.25) is 0 Å². The number of likely N-dealkylation sites (N-methyl/N-ethyl adjacent to an activating group) is 2. The fraction of sp³-hybridized carbons (Fsp3) is 0.941. The smallest absolute Gasteiger partial charge is 0.317 e. The van der Waals surface area contributed by atoms with E-state index in [1.54, 1.807) is 0 Å². The highest BCUT2D eigenvalue weighted by Crippen LogP contribution is 2.02. The minimum Gasteiger partial charge on any atom is -0.480 e. The first-order chi connectivity index (χ1) is 10.9. The zero-order valence-corrected chi connectivity index (χ0v) is 15.5. The molecule has 0 spiro atoms. The molecular weight excluding hydrogens is 292 g/mol. The Kier molecular flexibility index (Phi) is 9.71. The zero-order valence-electron chi connectivity index (χ0n) is 15.5. The van der Waals surface area contributed by atoms with E-state index in [0.29, 0.717) is 5.92 Å². The lowest BCUT2D eigenvalue weighted by atomic mass is 10.2. The first-order valence-corrected chi connectivity index (χ1v) is 8.98. The van der Waals surface area contributed by atoms with Crippen molar-refractivity contribution in [2.24, 2.45) is 5.92 Å². The summed E-state index contributed by atoms with van der Waals surface area (Å²) < 4.78 is 0. The maximum Gasteiger partial charge on any atom is 0.317 e. The van der Waals surface area contributed by atoms with Crippen LogP contribution in [0.5, 0.6) is 0 Å². The van der Waals surface area contributed by atoms with Gasteiger partial charge in [0.1, 0.15) is 0 Å². The van der Waals surface area contributed by atoms with Gasteiger partial charge in [-0.2, -0.15) is 0 Å². The molecule has 1 N–H and O–H groups in total. The lowest BCUT2D eigenvalue weighted by Gasteiger charge is -2.33. The van der Waals surface area contributed by atoms with E-state index in [1.165, 1.54) is 0 Å². The number of carboxylic acid groups (broad SMARTS) is 1. The van der Waals surface area contributed by atoms with E-state index in [0.717, 1.165) is 65.4 Å². The molecule has 0 bridgehead atoms. The second-order valence-electron chi connectivity index (χ2n) is 7.10. The number of carbonyl (C=O) groups is 1. The molecule has 0 amide bonds. The van der Waals surface area contributed by atoms with E-state index in [1.807, 2.05) is 0 Å². The van der Waals surface area contributed by atoms with E-state index in [4.69, 9.17) is 5.11 Å². The molecule has 1 rings (SSSR count). The van der Waals surface area contributed by atoms with Crippen molar-refractivity contribution in [1.82, 2.24) is 19.6 Å². The molecule has 0 unspecified atom stereocenters. The maximum atomic E-state index is 11.1.